The van der Waals surface area contributed by atoms with Crippen LogP contribution in [0.1, 0.15) is 44.9 Å². The molecule has 1 aliphatic heterocycles. The van der Waals surface area contributed by atoms with E-state index in [1.807, 2.05) is 0 Å². The third-order valence-corrected chi connectivity index (χ3v) is 4.65. The minimum absolute atomic E-state index is 0.208. The normalized spacial score (nSPS) is 31.9. The summed E-state index contributed by atoms with van der Waals surface area (Å²) in [6.45, 7) is 2.08. The van der Waals surface area contributed by atoms with Gasteiger partial charge in [0.1, 0.15) is 0 Å². The molecule has 0 aromatic rings. The second kappa shape index (κ2) is 6.53. The standard InChI is InChI=1S/C14H27N3O/c1-16-14(18)11-7-9-17(10-8-11)13-6-4-2-3-5-12(13)15/h11-13H,2-10,15H2,1H3,(H,16,18). The Kier molecular flexibility index (Phi) is 5.01. The third-order valence-electron chi connectivity index (χ3n) is 4.65. The first-order chi connectivity index (χ1) is 8.72. The van der Waals surface area contributed by atoms with Gasteiger partial charge >= 0.3 is 0 Å². The Morgan fingerprint density at radius 2 is 1.78 bits per heavy atom. The number of carbonyl (C=O) groups is 1. The minimum Gasteiger partial charge on any atom is -0.359 e. The molecule has 0 spiro atoms. The van der Waals surface area contributed by atoms with Crippen LogP contribution in [0.15, 0.2) is 0 Å². The van der Waals surface area contributed by atoms with Crippen LogP contribution in [0.3, 0.4) is 0 Å². The molecule has 3 N–H and O–H groups in total. The highest BCUT2D eigenvalue weighted by atomic mass is 16.1. The van der Waals surface area contributed by atoms with Gasteiger partial charge in [-0.3, -0.25) is 9.69 Å². The Balaban J connectivity index is 1.86. The lowest BCUT2D eigenvalue weighted by Gasteiger charge is -2.39. The quantitative estimate of drug-likeness (QED) is 0.725. The highest BCUT2D eigenvalue weighted by Crippen LogP contribution is 2.26. The lowest BCUT2D eigenvalue weighted by molar-refractivity contribution is -0.126. The second-order valence-corrected chi connectivity index (χ2v) is 5.79. The molecule has 2 atom stereocenters. The molecule has 1 amide bonds. The van der Waals surface area contributed by atoms with Gasteiger partial charge in [0.2, 0.25) is 5.91 Å². The molecule has 0 radical (unpaired) electrons. The minimum atomic E-state index is 0.208. The van der Waals surface area contributed by atoms with Crippen LogP contribution in [0.4, 0.5) is 0 Å². The largest absolute Gasteiger partial charge is 0.359 e. The molecule has 0 aromatic carbocycles. The average molecular weight is 253 g/mol. The molecule has 4 nitrogen and oxygen atoms in total. The summed E-state index contributed by atoms with van der Waals surface area (Å²) in [5.41, 5.74) is 6.31. The van der Waals surface area contributed by atoms with Crippen LogP contribution in [-0.2, 0) is 4.79 Å². The van der Waals surface area contributed by atoms with Gasteiger partial charge in [0, 0.05) is 25.0 Å². The topological polar surface area (TPSA) is 58.4 Å². The summed E-state index contributed by atoms with van der Waals surface area (Å²) >= 11 is 0. The first-order valence-corrected chi connectivity index (χ1v) is 7.43. The third kappa shape index (κ3) is 3.23. The van der Waals surface area contributed by atoms with E-state index in [0.717, 1.165) is 25.9 Å². The van der Waals surface area contributed by atoms with E-state index in [0.29, 0.717) is 12.1 Å². The van der Waals surface area contributed by atoms with Gasteiger partial charge in [-0.15, -0.1) is 0 Å². The number of nitrogens with two attached hydrogens (primary N) is 1. The van der Waals surface area contributed by atoms with E-state index in [1.165, 1.54) is 32.1 Å². The Hall–Kier alpha value is -0.610. The summed E-state index contributed by atoms with van der Waals surface area (Å²) in [7, 11) is 1.73. The molecule has 1 aliphatic carbocycles. The van der Waals surface area contributed by atoms with Crippen LogP contribution in [-0.4, -0.2) is 43.0 Å². The molecule has 18 heavy (non-hydrogen) atoms. The number of nitrogens with one attached hydrogen (secondary N) is 1. The van der Waals surface area contributed by atoms with Crippen molar-refractivity contribution in [2.45, 2.75) is 57.0 Å². The Labute approximate surface area is 110 Å². The molecule has 4 heteroatoms. The predicted octanol–water partition coefficient (Wildman–Crippen LogP) is 1.10. The number of piperidine rings is 1. The molecule has 2 aliphatic rings. The molecular formula is C14H27N3O. The molecule has 1 saturated carbocycles. The molecule has 104 valence electrons. The lowest BCUT2D eigenvalue weighted by Crippen LogP contribution is -2.51. The fourth-order valence-corrected chi connectivity index (χ4v) is 3.47. The maximum Gasteiger partial charge on any atom is 0.222 e. The maximum absolute atomic E-state index is 11.6. The Morgan fingerprint density at radius 1 is 1.11 bits per heavy atom. The van der Waals surface area contributed by atoms with E-state index in [2.05, 4.69) is 10.2 Å². The van der Waals surface area contributed by atoms with E-state index in [9.17, 15) is 4.79 Å². The Bertz CT molecular complexity index is 274. The summed E-state index contributed by atoms with van der Waals surface area (Å²) in [6.07, 6.45) is 8.32. The maximum atomic E-state index is 11.6. The summed E-state index contributed by atoms with van der Waals surface area (Å²) in [4.78, 5) is 14.2. The number of likely N-dealkylation sites (tertiary alicyclic amines) is 1. The monoisotopic (exact) mass is 253 g/mol. The van der Waals surface area contributed by atoms with Crippen molar-refractivity contribution < 1.29 is 4.79 Å². The van der Waals surface area contributed by atoms with Crippen LogP contribution >= 0.6 is 0 Å². The van der Waals surface area contributed by atoms with E-state index in [1.54, 1.807) is 7.05 Å². The van der Waals surface area contributed by atoms with Gasteiger partial charge in [-0.25, -0.2) is 0 Å². The molecule has 2 unspecified atom stereocenters. The van der Waals surface area contributed by atoms with Gasteiger partial charge in [-0.05, 0) is 38.8 Å². The molecule has 0 aromatic heterocycles. The van der Waals surface area contributed by atoms with Crippen LogP contribution in [0.2, 0.25) is 0 Å². The second-order valence-electron chi connectivity index (χ2n) is 5.79. The zero-order chi connectivity index (χ0) is 13.0. The van der Waals surface area contributed by atoms with Crippen molar-refractivity contribution in [2.24, 2.45) is 11.7 Å². The summed E-state index contributed by atoms with van der Waals surface area (Å²) in [6, 6.07) is 0.891. The summed E-state index contributed by atoms with van der Waals surface area (Å²) in [5, 5.41) is 2.77. The van der Waals surface area contributed by atoms with Crippen LogP contribution < -0.4 is 11.1 Å². The first-order valence-electron chi connectivity index (χ1n) is 7.43. The zero-order valence-corrected chi connectivity index (χ0v) is 11.5. The van der Waals surface area contributed by atoms with E-state index >= 15 is 0 Å². The zero-order valence-electron chi connectivity index (χ0n) is 11.5. The number of nitrogens with zero attached hydrogens (tertiary/aromatic N) is 1. The summed E-state index contributed by atoms with van der Waals surface area (Å²) in [5.74, 6) is 0.424. The van der Waals surface area contributed by atoms with Crippen LogP contribution in [0, 0.1) is 5.92 Å². The van der Waals surface area contributed by atoms with Crippen molar-refractivity contribution in [3.8, 4) is 0 Å². The van der Waals surface area contributed by atoms with Gasteiger partial charge in [0.25, 0.3) is 0 Å². The van der Waals surface area contributed by atoms with Crippen molar-refractivity contribution in [3.63, 3.8) is 0 Å². The van der Waals surface area contributed by atoms with E-state index in [-0.39, 0.29) is 11.8 Å². The van der Waals surface area contributed by atoms with Gasteiger partial charge in [0.15, 0.2) is 0 Å². The number of rotatable bonds is 2. The van der Waals surface area contributed by atoms with E-state index in [4.69, 9.17) is 5.73 Å². The van der Waals surface area contributed by atoms with Crippen LogP contribution in [0.5, 0.6) is 0 Å². The van der Waals surface area contributed by atoms with Crippen molar-refractivity contribution >= 4 is 5.91 Å². The van der Waals surface area contributed by atoms with Crippen molar-refractivity contribution in [1.82, 2.24) is 10.2 Å². The number of carbonyl (C=O) groups excluding carboxylic acids is 1. The van der Waals surface area contributed by atoms with Gasteiger partial charge in [0.05, 0.1) is 0 Å². The van der Waals surface area contributed by atoms with Crippen molar-refractivity contribution in [3.05, 3.63) is 0 Å². The number of amides is 1. The fourth-order valence-electron chi connectivity index (χ4n) is 3.47. The van der Waals surface area contributed by atoms with Gasteiger partial charge in [-0.2, -0.15) is 0 Å². The number of hydrogen-bond acceptors (Lipinski definition) is 3. The highest BCUT2D eigenvalue weighted by Gasteiger charge is 2.31. The SMILES string of the molecule is CNC(=O)C1CCN(C2CCCCCC2N)CC1. The van der Waals surface area contributed by atoms with Gasteiger partial charge < -0.3 is 11.1 Å². The van der Waals surface area contributed by atoms with Crippen molar-refractivity contribution in [2.75, 3.05) is 20.1 Å². The first kappa shape index (κ1) is 13.8. The number of hydrogen-bond donors (Lipinski definition) is 2. The smallest absolute Gasteiger partial charge is 0.222 e. The van der Waals surface area contributed by atoms with Gasteiger partial charge in [-0.1, -0.05) is 19.3 Å². The van der Waals surface area contributed by atoms with E-state index < -0.39 is 0 Å². The Morgan fingerprint density at radius 3 is 2.44 bits per heavy atom. The van der Waals surface area contributed by atoms with Crippen molar-refractivity contribution in [1.29, 1.82) is 0 Å². The molecule has 1 saturated heterocycles. The predicted molar refractivity (Wildman–Crippen MR) is 73.2 cm³/mol. The highest BCUT2D eigenvalue weighted by molar-refractivity contribution is 5.78. The lowest BCUT2D eigenvalue weighted by atomic mass is 9.92. The average Bonchev–Trinajstić information content (AvgIpc) is 2.63. The molecule has 1 heterocycles. The summed E-state index contributed by atoms with van der Waals surface area (Å²) < 4.78 is 0. The fraction of sp³-hybridized carbons (Fsp3) is 0.929. The molecule has 2 fully saturated rings. The molecule has 2 rings (SSSR count). The molecular weight excluding hydrogens is 226 g/mol. The molecule has 0 bridgehead atoms. The van der Waals surface area contributed by atoms with Crippen LogP contribution in [0.25, 0.3) is 0 Å².